The summed E-state index contributed by atoms with van der Waals surface area (Å²) in [6.45, 7) is 0.318. The number of amides is 2. The van der Waals surface area contributed by atoms with Gasteiger partial charge in [0.1, 0.15) is 11.5 Å². The minimum atomic E-state index is -0.695. The second-order valence-corrected chi connectivity index (χ2v) is 5.05. The van der Waals surface area contributed by atoms with E-state index in [1.165, 1.54) is 24.1 Å². The number of carbonyl (C=O) groups is 2. The summed E-state index contributed by atoms with van der Waals surface area (Å²) in [7, 11) is 1.49. The molecule has 0 aromatic heterocycles. The SMILES string of the molecule is CN(C(=O)C(=O)NCCc1ccc(O)cc1)c1ccc(O)cc1. The minimum absolute atomic E-state index is 0.0907. The third-order valence-corrected chi connectivity index (χ3v) is 3.37. The normalized spacial score (nSPS) is 10.1. The molecule has 6 heteroatoms. The summed E-state index contributed by atoms with van der Waals surface area (Å²) < 4.78 is 0. The van der Waals surface area contributed by atoms with Crippen molar-refractivity contribution >= 4 is 17.5 Å². The van der Waals surface area contributed by atoms with Crippen molar-refractivity contribution in [1.29, 1.82) is 0 Å². The molecular formula is C17H18N2O4. The Morgan fingerprint density at radius 2 is 1.48 bits per heavy atom. The van der Waals surface area contributed by atoms with Gasteiger partial charge in [-0.05, 0) is 48.4 Å². The molecular weight excluding hydrogens is 296 g/mol. The number of carbonyl (C=O) groups excluding carboxylic acids is 2. The molecule has 0 bridgehead atoms. The Morgan fingerprint density at radius 1 is 0.957 bits per heavy atom. The molecule has 0 heterocycles. The van der Waals surface area contributed by atoms with Gasteiger partial charge < -0.3 is 20.4 Å². The first kappa shape index (κ1) is 16.4. The van der Waals surface area contributed by atoms with Crippen molar-refractivity contribution in [2.45, 2.75) is 6.42 Å². The molecule has 120 valence electrons. The van der Waals surface area contributed by atoms with Crippen molar-refractivity contribution in [1.82, 2.24) is 5.32 Å². The van der Waals surface area contributed by atoms with E-state index in [1.54, 1.807) is 36.4 Å². The Kier molecular flexibility index (Phi) is 5.19. The van der Waals surface area contributed by atoms with E-state index in [1.807, 2.05) is 0 Å². The van der Waals surface area contributed by atoms with Crippen LogP contribution < -0.4 is 10.2 Å². The molecule has 0 unspecified atom stereocenters. The highest BCUT2D eigenvalue weighted by Crippen LogP contribution is 2.17. The summed E-state index contributed by atoms with van der Waals surface area (Å²) in [6, 6.07) is 12.6. The van der Waals surface area contributed by atoms with Gasteiger partial charge in [-0.1, -0.05) is 12.1 Å². The molecule has 0 aliphatic rings. The number of hydrogen-bond donors (Lipinski definition) is 3. The zero-order valence-electron chi connectivity index (χ0n) is 12.7. The van der Waals surface area contributed by atoms with Crippen LogP contribution in [0.15, 0.2) is 48.5 Å². The number of benzene rings is 2. The van der Waals surface area contributed by atoms with Gasteiger partial charge in [-0.3, -0.25) is 9.59 Å². The fraction of sp³-hybridized carbons (Fsp3) is 0.176. The van der Waals surface area contributed by atoms with Gasteiger partial charge in [-0.15, -0.1) is 0 Å². The lowest BCUT2D eigenvalue weighted by molar-refractivity contribution is -0.137. The first-order chi connectivity index (χ1) is 11.0. The standard InChI is InChI=1S/C17H18N2O4/c1-19(13-4-8-15(21)9-5-13)17(23)16(22)18-11-10-12-2-6-14(20)7-3-12/h2-9,20-21H,10-11H2,1H3,(H,18,22). The Balaban J connectivity index is 1.85. The van der Waals surface area contributed by atoms with Crippen LogP contribution in [0.4, 0.5) is 5.69 Å². The van der Waals surface area contributed by atoms with Gasteiger partial charge >= 0.3 is 11.8 Å². The first-order valence-electron chi connectivity index (χ1n) is 7.10. The predicted octanol–water partition coefficient (Wildman–Crippen LogP) is 1.42. The highest BCUT2D eigenvalue weighted by Gasteiger charge is 2.19. The van der Waals surface area contributed by atoms with E-state index in [2.05, 4.69) is 5.32 Å². The molecule has 0 aliphatic heterocycles. The van der Waals surface area contributed by atoms with Gasteiger partial charge in [0.25, 0.3) is 0 Å². The molecule has 2 aromatic carbocycles. The summed E-state index contributed by atoms with van der Waals surface area (Å²) in [5.74, 6) is -1.10. The van der Waals surface area contributed by atoms with E-state index in [-0.39, 0.29) is 11.5 Å². The number of likely N-dealkylation sites (N-methyl/N-ethyl adjacent to an activating group) is 1. The fourth-order valence-electron chi connectivity index (χ4n) is 2.00. The molecule has 0 saturated heterocycles. The largest absolute Gasteiger partial charge is 0.508 e. The summed E-state index contributed by atoms with van der Waals surface area (Å²) >= 11 is 0. The highest BCUT2D eigenvalue weighted by molar-refractivity contribution is 6.40. The maximum Gasteiger partial charge on any atom is 0.316 e. The van der Waals surface area contributed by atoms with Crippen LogP contribution in [-0.4, -0.2) is 35.6 Å². The van der Waals surface area contributed by atoms with Crippen LogP contribution in [0.2, 0.25) is 0 Å². The second kappa shape index (κ2) is 7.31. The number of aromatic hydroxyl groups is 2. The predicted molar refractivity (Wildman–Crippen MR) is 86.3 cm³/mol. The molecule has 0 aliphatic carbocycles. The van der Waals surface area contributed by atoms with Crippen molar-refractivity contribution in [3.05, 3.63) is 54.1 Å². The summed E-state index contributed by atoms with van der Waals surface area (Å²) in [5.41, 5.74) is 1.46. The van der Waals surface area contributed by atoms with E-state index in [0.717, 1.165) is 5.56 Å². The van der Waals surface area contributed by atoms with Gasteiger partial charge in [0.2, 0.25) is 0 Å². The lowest BCUT2D eigenvalue weighted by Crippen LogP contribution is -2.41. The van der Waals surface area contributed by atoms with Crippen molar-refractivity contribution < 1.29 is 19.8 Å². The maximum absolute atomic E-state index is 12.0. The number of nitrogens with zero attached hydrogens (tertiary/aromatic N) is 1. The molecule has 0 radical (unpaired) electrons. The number of nitrogens with one attached hydrogen (secondary N) is 1. The average molecular weight is 314 g/mol. The summed E-state index contributed by atoms with van der Waals surface area (Å²) in [5, 5.41) is 21.0. The van der Waals surface area contributed by atoms with Crippen molar-refractivity contribution in [2.24, 2.45) is 0 Å². The quantitative estimate of drug-likeness (QED) is 0.745. The lowest BCUT2D eigenvalue weighted by Gasteiger charge is -2.16. The van der Waals surface area contributed by atoms with E-state index in [4.69, 9.17) is 0 Å². The molecule has 0 saturated carbocycles. The molecule has 0 fully saturated rings. The van der Waals surface area contributed by atoms with Crippen LogP contribution >= 0.6 is 0 Å². The first-order valence-corrected chi connectivity index (χ1v) is 7.10. The second-order valence-electron chi connectivity index (χ2n) is 5.05. The van der Waals surface area contributed by atoms with Crippen molar-refractivity contribution in [3.8, 4) is 11.5 Å². The summed E-state index contributed by atoms with van der Waals surface area (Å²) in [4.78, 5) is 25.1. The Hall–Kier alpha value is -3.02. The number of phenolic OH excluding ortho intramolecular Hbond substituents is 2. The van der Waals surface area contributed by atoms with Crippen LogP contribution in [0, 0.1) is 0 Å². The van der Waals surface area contributed by atoms with E-state index in [0.29, 0.717) is 18.7 Å². The Labute approximate surface area is 134 Å². The molecule has 2 amide bonds. The molecule has 2 rings (SSSR count). The van der Waals surface area contributed by atoms with Crippen molar-refractivity contribution in [2.75, 3.05) is 18.5 Å². The summed E-state index contributed by atoms with van der Waals surface area (Å²) in [6.07, 6.45) is 0.558. The number of phenols is 2. The third-order valence-electron chi connectivity index (χ3n) is 3.37. The lowest BCUT2D eigenvalue weighted by atomic mass is 10.1. The van der Waals surface area contributed by atoms with Crippen LogP contribution in [0.5, 0.6) is 11.5 Å². The zero-order chi connectivity index (χ0) is 16.8. The number of hydrogen-bond acceptors (Lipinski definition) is 4. The average Bonchev–Trinajstić information content (AvgIpc) is 2.56. The minimum Gasteiger partial charge on any atom is -0.508 e. The van der Waals surface area contributed by atoms with Crippen LogP contribution in [0.25, 0.3) is 0 Å². The van der Waals surface area contributed by atoms with Crippen LogP contribution in [-0.2, 0) is 16.0 Å². The van der Waals surface area contributed by atoms with Gasteiger partial charge in [0.15, 0.2) is 0 Å². The molecule has 6 nitrogen and oxygen atoms in total. The molecule has 0 spiro atoms. The number of rotatable bonds is 4. The van der Waals surface area contributed by atoms with Gasteiger partial charge in [-0.25, -0.2) is 0 Å². The zero-order valence-corrected chi connectivity index (χ0v) is 12.7. The smallest absolute Gasteiger partial charge is 0.316 e. The topological polar surface area (TPSA) is 89.9 Å². The van der Waals surface area contributed by atoms with E-state index in [9.17, 15) is 19.8 Å². The van der Waals surface area contributed by atoms with Crippen molar-refractivity contribution in [3.63, 3.8) is 0 Å². The molecule has 2 aromatic rings. The Bertz CT molecular complexity index is 681. The fourth-order valence-corrected chi connectivity index (χ4v) is 2.00. The van der Waals surface area contributed by atoms with Crippen LogP contribution in [0.3, 0.4) is 0 Å². The van der Waals surface area contributed by atoms with Crippen LogP contribution in [0.1, 0.15) is 5.56 Å². The maximum atomic E-state index is 12.0. The van der Waals surface area contributed by atoms with Gasteiger partial charge in [0, 0.05) is 19.3 Å². The van der Waals surface area contributed by atoms with Gasteiger partial charge in [-0.2, -0.15) is 0 Å². The van der Waals surface area contributed by atoms with Gasteiger partial charge in [0.05, 0.1) is 0 Å². The third kappa shape index (κ3) is 4.47. The monoisotopic (exact) mass is 314 g/mol. The van der Waals surface area contributed by atoms with E-state index >= 15 is 0 Å². The molecule has 23 heavy (non-hydrogen) atoms. The molecule has 3 N–H and O–H groups in total. The highest BCUT2D eigenvalue weighted by atomic mass is 16.3. The Morgan fingerprint density at radius 3 is 2.04 bits per heavy atom. The molecule has 0 atom stereocenters. The number of anilines is 1. The van der Waals surface area contributed by atoms with E-state index < -0.39 is 11.8 Å².